The van der Waals surface area contributed by atoms with Gasteiger partial charge in [0.25, 0.3) is 0 Å². The molecule has 0 unspecified atom stereocenters. The molecule has 3 aromatic heterocycles. The lowest BCUT2D eigenvalue weighted by molar-refractivity contribution is 0.0697. The zero-order valence-corrected chi connectivity index (χ0v) is 39.2. The van der Waals surface area contributed by atoms with Gasteiger partial charge in [-0.15, -0.1) is 0 Å². The lowest BCUT2D eigenvalue weighted by Gasteiger charge is -2.10. The fraction of sp³-hybridized carbons (Fsp3) is 0.131. The second kappa shape index (κ2) is 17.0. The van der Waals surface area contributed by atoms with Gasteiger partial charge in [0.05, 0.1) is 33.9 Å². The molecule has 0 aliphatic carbocycles. The second-order valence-electron chi connectivity index (χ2n) is 18.5. The van der Waals surface area contributed by atoms with Gasteiger partial charge in [-0.05, 0) is 138 Å². The Bertz CT molecular complexity index is 3550. The van der Waals surface area contributed by atoms with E-state index in [2.05, 4.69) is 187 Å². The Morgan fingerprint density at radius 2 is 0.776 bits per heavy atom. The second-order valence-corrected chi connectivity index (χ2v) is 18.5. The molecule has 0 atom stereocenters. The van der Waals surface area contributed by atoms with Crippen LogP contribution in [0.15, 0.2) is 115 Å². The summed E-state index contributed by atoms with van der Waals surface area (Å²) in [6.07, 6.45) is 12.8. The van der Waals surface area contributed by atoms with Gasteiger partial charge in [0.1, 0.15) is 0 Å². The minimum Gasteiger partial charge on any atom is -0.478 e. The predicted molar refractivity (Wildman–Crippen MR) is 281 cm³/mol. The molecular formula is C61H52N4O2. The zero-order valence-electron chi connectivity index (χ0n) is 39.2. The molecule has 0 saturated carbocycles. The minimum absolute atomic E-state index is 0.244. The van der Waals surface area contributed by atoms with Gasteiger partial charge in [-0.2, -0.15) is 0 Å². The summed E-state index contributed by atoms with van der Waals surface area (Å²) in [6, 6.07) is 40.4. The van der Waals surface area contributed by atoms with Crippen molar-refractivity contribution in [2.45, 2.75) is 55.4 Å². The minimum atomic E-state index is -0.954. The van der Waals surface area contributed by atoms with Crippen LogP contribution in [-0.4, -0.2) is 31.0 Å². The Balaban J connectivity index is 1.42. The average molecular weight is 873 g/mol. The molecule has 3 N–H and O–H groups in total. The maximum Gasteiger partial charge on any atom is 0.335 e. The Morgan fingerprint density at radius 3 is 1.16 bits per heavy atom. The van der Waals surface area contributed by atoms with Crippen LogP contribution in [0.2, 0.25) is 0 Å². The number of nitrogens with one attached hydrogen (secondary N) is 2. The molecule has 0 amide bonds. The number of aromatic amines is 2. The summed E-state index contributed by atoms with van der Waals surface area (Å²) in [5, 5.41) is 9.65. The van der Waals surface area contributed by atoms with E-state index in [1.165, 1.54) is 22.3 Å². The number of rotatable bonds is 7. The van der Waals surface area contributed by atoms with Crippen molar-refractivity contribution >= 4 is 64.5 Å². The van der Waals surface area contributed by atoms with Gasteiger partial charge in [-0.25, -0.2) is 14.8 Å². The molecule has 5 aromatic carbocycles. The van der Waals surface area contributed by atoms with Crippen LogP contribution in [0.1, 0.15) is 88.8 Å². The maximum absolute atomic E-state index is 11.8. The lowest BCUT2D eigenvalue weighted by Crippen LogP contribution is -1.94. The molecule has 10 rings (SSSR count). The number of hydrogen-bond donors (Lipinski definition) is 3. The molecule has 328 valence electrons. The van der Waals surface area contributed by atoms with Gasteiger partial charge in [0.15, 0.2) is 0 Å². The molecule has 5 heterocycles. The molecular weight excluding hydrogens is 821 g/mol. The number of aryl methyl sites for hydroxylation is 8. The van der Waals surface area contributed by atoms with Crippen LogP contribution in [0.4, 0.5) is 0 Å². The van der Waals surface area contributed by atoms with Crippen LogP contribution in [0, 0.1) is 55.4 Å². The Hall–Kier alpha value is -8.09. The molecule has 0 fully saturated rings. The van der Waals surface area contributed by atoms with Crippen molar-refractivity contribution in [3.63, 3.8) is 0 Å². The quantitative estimate of drug-likeness (QED) is 0.149. The van der Waals surface area contributed by atoms with Crippen molar-refractivity contribution in [3.8, 4) is 44.5 Å². The molecule has 8 bridgehead atoms. The van der Waals surface area contributed by atoms with Crippen molar-refractivity contribution in [2.24, 2.45) is 0 Å². The Kier molecular flexibility index (Phi) is 10.9. The number of aromatic nitrogens is 4. The van der Waals surface area contributed by atoms with Gasteiger partial charge in [0.2, 0.25) is 0 Å². The third kappa shape index (κ3) is 8.50. The zero-order chi connectivity index (χ0) is 46.7. The SMILES string of the molecule is Cc1cc(C)cc(-c2c3nc(c(-c4cc(C)cc(C)c4)c4cc(/C=C/c5ccc(C(=O)O)cc5)c([nH]4)c(-c4cc(C)cc(C)c4)c4nc(c(-c5cc(C)cc(C)c5)c5ccc2[nH]5)C=C4)C=C3)c1. The molecule has 6 heteroatoms. The molecule has 0 spiro atoms. The maximum atomic E-state index is 11.8. The molecule has 2 aliphatic rings. The highest BCUT2D eigenvalue weighted by Crippen LogP contribution is 2.41. The fourth-order valence-corrected chi connectivity index (χ4v) is 10.1. The van der Waals surface area contributed by atoms with Crippen LogP contribution in [-0.2, 0) is 0 Å². The highest BCUT2D eigenvalue weighted by atomic mass is 16.4. The van der Waals surface area contributed by atoms with E-state index in [1.54, 1.807) is 12.1 Å². The van der Waals surface area contributed by atoms with Crippen LogP contribution < -0.4 is 0 Å². The van der Waals surface area contributed by atoms with E-state index in [1.807, 2.05) is 18.2 Å². The average Bonchev–Trinajstić information content (AvgIpc) is 4.09. The molecule has 2 aliphatic heterocycles. The summed E-state index contributed by atoms with van der Waals surface area (Å²) in [7, 11) is 0. The first-order chi connectivity index (χ1) is 32.2. The number of H-pyrrole nitrogens is 2. The van der Waals surface area contributed by atoms with Crippen molar-refractivity contribution in [3.05, 3.63) is 199 Å². The van der Waals surface area contributed by atoms with E-state index >= 15 is 0 Å². The van der Waals surface area contributed by atoms with Crippen LogP contribution in [0.3, 0.4) is 0 Å². The number of nitrogens with zero attached hydrogens (tertiary/aromatic N) is 2. The van der Waals surface area contributed by atoms with Crippen LogP contribution >= 0.6 is 0 Å². The number of carboxylic acid groups (broad SMARTS) is 1. The highest BCUT2D eigenvalue weighted by molar-refractivity contribution is 6.03. The summed E-state index contributed by atoms with van der Waals surface area (Å²) >= 11 is 0. The third-order valence-electron chi connectivity index (χ3n) is 12.6. The lowest BCUT2D eigenvalue weighted by atomic mass is 9.97. The largest absolute Gasteiger partial charge is 0.478 e. The monoisotopic (exact) mass is 872 g/mol. The normalized spacial score (nSPS) is 12.1. The van der Waals surface area contributed by atoms with Gasteiger partial charge in [0, 0.05) is 44.4 Å². The first-order valence-electron chi connectivity index (χ1n) is 22.8. The topological polar surface area (TPSA) is 94.7 Å². The van der Waals surface area contributed by atoms with E-state index in [-0.39, 0.29) is 5.56 Å². The van der Waals surface area contributed by atoms with E-state index in [9.17, 15) is 9.90 Å². The Labute approximate surface area is 391 Å². The summed E-state index contributed by atoms with van der Waals surface area (Å²) in [6.45, 7) is 17.2. The van der Waals surface area contributed by atoms with Crippen LogP contribution in [0.25, 0.3) is 103 Å². The molecule has 67 heavy (non-hydrogen) atoms. The molecule has 6 nitrogen and oxygen atoms in total. The summed E-state index contributed by atoms with van der Waals surface area (Å²) in [5.41, 5.74) is 26.8. The first-order valence-corrected chi connectivity index (χ1v) is 22.8. The number of fused-ring (bicyclic) bond motifs is 8. The van der Waals surface area contributed by atoms with E-state index in [0.717, 1.165) is 123 Å². The van der Waals surface area contributed by atoms with E-state index < -0.39 is 5.97 Å². The number of carbonyl (C=O) groups is 1. The first kappa shape index (κ1) is 42.8. The van der Waals surface area contributed by atoms with Gasteiger partial charge < -0.3 is 15.1 Å². The van der Waals surface area contributed by atoms with E-state index in [0.29, 0.717) is 0 Å². The number of hydrogen-bond acceptors (Lipinski definition) is 3. The number of carboxylic acids is 1. The van der Waals surface area contributed by atoms with Gasteiger partial charge in [-0.1, -0.05) is 142 Å². The third-order valence-corrected chi connectivity index (χ3v) is 12.6. The predicted octanol–water partition coefficient (Wildman–Crippen LogP) is 15.7. The number of aromatic carboxylic acids is 1. The summed E-state index contributed by atoms with van der Waals surface area (Å²) in [4.78, 5) is 30.9. The van der Waals surface area contributed by atoms with Crippen molar-refractivity contribution < 1.29 is 9.90 Å². The van der Waals surface area contributed by atoms with Gasteiger partial charge in [-0.3, -0.25) is 0 Å². The van der Waals surface area contributed by atoms with Crippen molar-refractivity contribution in [2.75, 3.05) is 0 Å². The molecule has 0 radical (unpaired) electrons. The summed E-state index contributed by atoms with van der Waals surface area (Å²) in [5.74, 6) is -0.954. The van der Waals surface area contributed by atoms with E-state index in [4.69, 9.17) is 9.97 Å². The van der Waals surface area contributed by atoms with Crippen molar-refractivity contribution in [1.29, 1.82) is 0 Å². The standard InChI is InChI=1S/C61H52N4O2/c1-34-21-35(2)26-45(25-34)56-49-15-16-50(62-49)57(46-27-36(3)22-37(4)28-46)52-19-20-54(64-52)59(48-31-40(7)24-41(8)32-48)60-44(14-11-42-9-12-43(13-10-42)61(66)67)33-55(65-60)58(53-18-17-51(56)63-53)47-29-38(5)23-39(6)30-47/h9-33,62,65H,1-8H3,(H,66,67)/b14-11+,56-49?,56-51?,57-50?,57-52?,58-53?,58-55?,59-54?,60-59?. The highest BCUT2D eigenvalue weighted by Gasteiger charge is 2.21. The number of benzene rings is 5. The smallest absolute Gasteiger partial charge is 0.335 e. The van der Waals surface area contributed by atoms with Crippen LogP contribution in [0.5, 0.6) is 0 Å². The van der Waals surface area contributed by atoms with Gasteiger partial charge >= 0.3 is 5.97 Å². The fourth-order valence-electron chi connectivity index (χ4n) is 10.1. The molecule has 8 aromatic rings. The Morgan fingerprint density at radius 1 is 0.418 bits per heavy atom. The molecule has 0 saturated heterocycles. The summed E-state index contributed by atoms with van der Waals surface area (Å²) < 4.78 is 0. The van der Waals surface area contributed by atoms with Crippen molar-refractivity contribution in [1.82, 2.24) is 19.9 Å².